The fourth-order valence-electron chi connectivity index (χ4n) is 1.16. The van der Waals surface area contributed by atoms with E-state index >= 15 is 0 Å². The van der Waals surface area contributed by atoms with E-state index in [0.29, 0.717) is 9.13 Å². The van der Waals surface area contributed by atoms with E-state index in [1.807, 2.05) is 22.6 Å². The predicted octanol–water partition coefficient (Wildman–Crippen LogP) is 2.78. The fourth-order valence-corrected chi connectivity index (χ4v) is 1.87. The molecule has 4 nitrogen and oxygen atoms in total. The quantitative estimate of drug-likeness (QED) is 0.859. The first-order valence-electron chi connectivity index (χ1n) is 4.22. The normalized spacial score (nSPS) is 10.4. The van der Waals surface area contributed by atoms with Crippen LogP contribution in [0.25, 0.3) is 11.5 Å². The monoisotopic (exact) mass is 333 g/mol. The lowest BCUT2D eigenvalue weighted by atomic mass is 10.2. The predicted molar refractivity (Wildman–Crippen MR) is 61.6 cm³/mol. The summed E-state index contributed by atoms with van der Waals surface area (Å²) in [6.45, 7) is 0. The minimum Gasteiger partial charge on any atom is -0.476 e. The minimum absolute atomic E-state index is 0.168. The molecule has 0 bridgehead atoms. The molecule has 0 radical (unpaired) electrons. The number of nitrogens with zero attached hydrogens (tertiary/aromatic N) is 1. The van der Waals surface area contributed by atoms with Crippen LogP contribution in [0.5, 0.6) is 0 Å². The number of halogens is 2. The maximum Gasteiger partial charge on any atom is 0.357 e. The molecule has 2 aromatic rings. The van der Waals surface area contributed by atoms with E-state index in [9.17, 15) is 9.18 Å². The van der Waals surface area contributed by atoms with Gasteiger partial charge in [-0.3, -0.25) is 0 Å². The number of aromatic nitrogens is 1. The second kappa shape index (κ2) is 4.20. The highest BCUT2D eigenvalue weighted by Gasteiger charge is 2.14. The summed E-state index contributed by atoms with van der Waals surface area (Å²) in [4.78, 5) is 14.4. The van der Waals surface area contributed by atoms with Crippen LogP contribution in [0.2, 0.25) is 0 Å². The Kier molecular flexibility index (Phi) is 2.90. The van der Waals surface area contributed by atoms with Crippen molar-refractivity contribution in [3.8, 4) is 11.5 Å². The average Bonchev–Trinajstić information content (AvgIpc) is 2.66. The van der Waals surface area contributed by atoms with Crippen LogP contribution in [0.15, 0.2) is 28.9 Å². The highest BCUT2D eigenvalue weighted by atomic mass is 127. The van der Waals surface area contributed by atoms with E-state index in [1.54, 1.807) is 0 Å². The second-order valence-electron chi connectivity index (χ2n) is 2.97. The molecule has 0 spiro atoms. The summed E-state index contributed by atoms with van der Waals surface area (Å²) >= 11 is 1.93. The van der Waals surface area contributed by atoms with E-state index in [2.05, 4.69) is 4.98 Å². The first-order valence-corrected chi connectivity index (χ1v) is 5.30. The van der Waals surface area contributed by atoms with E-state index in [4.69, 9.17) is 9.52 Å². The van der Waals surface area contributed by atoms with Gasteiger partial charge in [-0.25, -0.2) is 14.2 Å². The maximum absolute atomic E-state index is 12.8. The van der Waals surface area contributed by atoms with Crippen LogP contribution in [-0.2, 0) is 0 Å². The van der Waals surface area contributed by atoms with Gasteiger partial charge in [0.15, 0.2) is 5.69 Å². The molecule has 1 aromatic carbocycles. The number of benzene rings is 1. The van der Waals surface area contributed by atoms with E-state index in [0.717, 1.165) is 6.26 Å². The molecule has 82 valence electrons. The van der Waals surface area contributed by atoms with Crippen molar-refractivity contribution in [2.24, 2.45) is 0 Å². The van der Waals surface area contributed by atoms with Gasteiger partial charge in [0, 0.05) is 3.57 Å². The van der Waals surface area contributed by atoms with Crippen molar-refractivity contribution in [3.63, 3.8) is 0 Å². The molecule has 1 N–H and O–H groups in total. The molecule has 1 heterocycles. The first kappa shape index (κ1) is 11.1. The molecule has 2 rings (SSSR count). The lowest BCUT2D eigenvalue weighted by Gasteiger charge is -1.98. The number of carboxylic acid groups (broad SMARTS) is 1. The van der Waals surface area contributed by atoms with Crippen LogP contribution in [0.4, 0.5) is 4.39 Å². The molecule has 0 amide bonds. The summed E-state index contributed by atoms with van der Waals surface area (Å²) < 4.78 is 18.5. The van der Waals surface area contributed by atoms with Crippen molar-refractivity contribution in [2.75, 3.05) is 0 Å². The van der Waals surface area contributed by atoms with Crippen molar-refractivity contribution in [3.05, 3.63) is 39.5 Å². The fraction of sp³-hybridized carbons (Fsp3) is 0. The number of hydrogen-bond acceptors (Lipinski definition) is 3. The Bertz CT molecular complexity index is 553. The zero-order chi connectivity index (χ0) is 11.7. The van der Waals surface area contributed by atoms with Gasteiger partial charge in [-0.05, 0) is 40.8 Å². The summed E-state index contributed by atoms with van der Waals surface area (Å²) in [7, 11) is 0. The molecule has 0 unspecified atom stereocenters. The van der Waals surface area contributed by atoms with Crippen LogP contribution < -0.4 is 0 Å². The Balaban J connectivity index is 2.46. The number of carbonyl (C=O) groups is 1. The first-order chi connectivity index (χ1) is 7.58. The van der Waals surface area contributed by atoms with Gasteiger partial charge in [0.2, 0.25) is 5.89 Å². The molecular weight excluding hydrogens is 328 g/mol. The van der Waals surface area contributed by atoms with Crippen molar-refractivity contribution in [2.45, 2.75) is 0 Å². The third-order valence-corrected chi connectivity index (χ3v) is 2.78. The molecule has 0 fully saturated rings. The second-order valence-corrected chi connectivity index (χ2v) is 4.13. The van der Waals surface area contributed by atoms with Gasteiger partial charge < -0.3 is 9.52 Å². The number of rotatable bonds is 2. The molecule has 0 atom stereocenters. The Hall–Kier alpha value is -1.44. The van der Waals surface area contributed by atoms with Crippen molar-refractivity contribution in [1.82, 2.24) is 4.98 Å². The van der Waals surface area contributed by atoms with Crippen LogP contribution >= 0.6 is 22.6 Å². The third-order valence-electron chi connectivity index (χ3n) is 1.88. The topological polar surface area (TPSA) is 63.3 Å². The van der Waals surface area contributed by atoms with Crippen LogP contribution in [-0.4, -0.2) is 16.1 Å². The van der Waals surface area contributed by atoms with Gasteiger partial charge in [0.1, 0.15) is 12.1 Å². The van der Waals surface area contributed by atoms with Gasteiger partial charge in [0.05, 0.1) is 5.56 Å². The number of aromatic carboxylic acids is 1. The smallest absolute Gasteiger partial charge is 0.357 e. The van der Waals surface area contributed by atoms with Crippen LogP contribution in [0.1, 0.15) is 10.5 Å². The summed E-state index contributed by atoms with van der Waals surface area (Å²) in [6.07, 6.45) is 1.05. The molecule has 16 heavy (non-hydrogen) atoms. The largest absolute Gasteiger partial charge is 0.476 e. The third kappa shape index (κ3) is 2.06. The van der Waals surface area contributed by atoms with E-state index < -0.39 is 5.97 Å². The molecule has 0 saturated carbocycles. The number of oxazole rings is 1. The molecule has 6 heteroatoms. The minimum atomic E-state index is -1.16. The van der Waals surface area contributed by atoms with Gasteiger partial charge in [-0.15, -0.1) is 0 Å². The lowest BCUT2D eigenvalue weighted by Crippen LogP contribution is -1.95. The summed E-state index contributed by atoms with van der Waals surface area (Å²) in [6, 6.07) is 4.08. The van der Waals surface area contributed by atoms with Gasteiger partial charge >= 0.3 is 5.97 Å². The van der Waals surface area contributed by atoms with Crippen LogP contribution in [0.3, 0.4) is 0 Å². The zero-order valence-electron chi connectivity index (χ0n) is 7.78. The lowest BCUT2D eigenvalue weighted by molar-refractivity contribution is 0.0690. The van der Waals surface area contributed by atoms with E-state index in [-0.39, 0.29) is 17.4 Å². The highest BCUT2D eigenvalue weighted by molar-refractivity contribution is 14.1. The standard InChI is InChI=1S/C10H5FINO3/c11-5-1-2-6(7(12)3-5)9-13-8(4-16-9)10(14)15/h1-4H,(H,14,15). The summed E-state index contributed by atoms with van der Waals surface area (Å²) in [5.41, 5.74) is 0.393. The van der Waals surface area contributed by atoms with E-state index in [1.165, 1.54) is 18.2 Å². The van der Waals surface area contributed by atoms with Gasteiger partial charge in [-0.2, -0.15) is 0 Å². The summed E-state index contributed by atoms with van der Waals surface area (Å²) in [5.74, 6) is -1.35. The van der Waals surface area contributed by atoms with Crippen molar-refractivity contribution < 1.29 is 18.7 Å². The Labute approximate surface area is 103 Å². The maximum atomic E-state index is 12.8. The highest BCUT2D eigenvalue weighted by Crippen LogP contribution is 2.25. The molecule has 0 aliphatic rings. The van der Waals surface area contributed by atoms with Crippen LogP contribution in [0, 0.1) is 9.39 Å². The zero-order valence-corrected chi connectivity index (χ0v) is 9.93. The summed E-state index contributed by atoms with van der Waals surface area (Å²) in [5, 5.41) is 8.67. The molecule has 1 aromatic heterocycles. The number of hydrogen-bond donors (Lipinski definition) is 1. The number of carboxylic acids is 1. The molecule has 0 aliphatic carbocycles. The van der Waals surface area contributed by atoms with Gasteiger partial charge in [0.25, 0.3) is 0 Å². The SMILES string of the molecule is O=C(O)c1coc(-c2ccc(F)cc2I)n1. The van der Waals surface area contributed by atoms with Crippen molar-refractivity contribution in [1.29, 1.82) is 0 Å². The molecule has 0 aliphatic heterocycles. The Morgan fingerprint density at radius 2 is 2.25 bits per heavy atom. The Morgan fingerprint density at radius 1 is 1.50 bits per heavy atom. The molecule has 0 saturated heterocycles. The molecular formula is C10H5FINO3. The van der Waals surface area contributed by atoms with Gasteiger partial charge in [-0.1, -0.05) is 0 Å². The van der Waals surface area contributed by atoms with Crippen molar-refractivity contribution >= 4 is 28.6 Å². The average molecular weight is 333 g/mol. The Morgan fingerprint density at radius 3 is 2.81 bits per heavy atom.